The predicted octanol–water partition coefficient (Wildman–Crippen LogP) is 0.132. The Morgan fingerprint density at radius 1 is 0.903 bits per heavy atom. The van der Waals surface area contributed by atoms with E-state index in [9.17, 15) is 19.2 Å². The number of aliphatic imine (C=N–C) groups is 1. The largest absolute Gasteiger partial charge is 0.370 e. The Morgan fingerprint density at radius 3 is 2.00 bits per heavy atom. The summed E-state index contributed by atoms with van der Waals surface area (Å²) >= 11 is 0. The Kier molecular flexibility index (Phi) is 13.3. The van der Waals surface area contributed by atoms with E-state index in [0.717, 1.165) is 0 Å². The van der Waals surface area contributed by atoms with Crippen LogP contribution < -0.4 is 22.1 Å². The lowest BCUT2D eigenvalue weighted by Crippen LogP contribution is -2.54. The van der Waals surface area contributed by atoms with Crippen LogP contribution in [0.2, 0.25) is 0 Å². The summed E-state index contributed by atoms with van der Waals surface area (Å²) in [6.07, 6.45) is 0.885. The molecule has 0 aliphatic carbocycles. The van der Waals surface area contributed by atoms with E-state index in [-0.39, 0.29) is 48.5 Å². The summed E-state index contributed by atoms with van der Waals surface area (Å²) in [6, 6.07) is -1.56. The Bertz CT molecular complexity index is 642. The highest BCUT2D eigenvalue weighted by atomic mass is 16.5. The molecular formula is C21H39N5O5. The van der Waals surface area contributed by atoms with Crippen molar-refractivity contribution in [3.05, 3.63) is 0 Å². The van der Waals surface area contributed by atoms with Crippen LogP contribution in [0.5, 0.6) is 0 Å². The van der Waals surface area contributed by atoms with Crippen LogP contribution in [0.1, 0.15) is 54.4 Å². The van der Waals surface area contributed by atoms with Crippen LogP contribution in [0.15, 0.2) is 4.99 Å². The molecule has 0 aromatic heterocycles. The van der Waals surface area contributed by atoms with Gasteiger partial charge in [-0.25, -0.2) is 0 Å². The molecule has 6 N–H and O–H groups in total. The summed E-state index contributed by atoms with van der Waals surface area (Å²) in [7, 11) is 0. The average molecular weight is 442 g/mol. The number of nitrogens with one attached hydrogen (secondary N) is 2. The fourth-order valence-corrected chi connectivity index (χ4v) is 2.61. The molecule has 0 rings (SSSR count). The molecule has 0 spiro atoms. The fourth-order valence-electron chi connectivity index (χ4n) is 2.61. The highest BCUT2D eigenvalue weighted by Gasteiger charge is 2.29. The first-order valence-corrected chi connectivity index (χ1v) is 10.7. The first-order valence-electron chi connectivity index (χ1n) is 10.7. The molecule has 2 amide bonds. The maximum atomic E-state index is 12.8. The Hall–Kier alpha value is -2.49. The van der Waals surface area contributed by atoms with Gasteiger partial charge in [-0.15, -0.1) is 0 Å². The number of ether oxygens (including phenoxy) is 1. The molecule has 0 aromatic rings. The number of carbonyl (C=O) groups is 4. The van der Waals surface area contributed by atoms with E-state index < -0.39 is 23.9 Å². The third-order valence-electron chi connectivity index (χ3n) is 4.56. The average Bonchev–Trinajstić information content (AvgIpc) is 2.66. The molecule has 10 nitrogen and oxygen atoms in total. The normalized spacial score (nSPS) is 13.1. The molecule has 0 aliphatic heterocycles. The Balaban J connectivity index is 4.97. The van der Waals surface area contributed by atoms with Gasteiger partial charge in [0.25, 0.3) is 0 Å². The van der Waals surface area contributed by atoms with E-state index in [2.05, 4.69) is 15.6 Å². The van der Waals surface area contributed by atoms with Crippen LogP contribution in [0.4, 0.5) is 0 Å². The number of hydrogen-bond acceptors (Lipinski definition) is 6. The predicted molar refractivity (Wildman–Crippen MR) is 119 cm³/mol. The van der Waals surface area contributed by atoms with Crippen LogP contribution in [0.25, 0.3) is 0 Å². The third-order valence-corrected chi connectivity index (χ3v) is 4.56. The second-order valence-corrected chi connectivity index (χ2v) is 8.47. The van der Waals surface area contributed by atoms with E-state index in [0.29, 0.717) is 19.4 Å². The molecule has 0 aromatic carbocycles. The lowest BCUT2D eigenvalue weighted by atomic mass is 9.96. The molecule has 0 saturated heterocycles. The highest BCUT2D eigenvalue weighted by molar-refractivity contribution is 5.93. The van der Waals surface area contributed by atoms with Gasteiger partial charge >= 0.3 is 0 Å². The van der Waals surface area contributed by atoms with Crippen molar-refractivity contribution in [3.8, 4) is 0 Å². The number of Topliss-reactive ketones (excluding diaryl/α,β-unsaturated/α-hetero) is 2. The second kappa shape index (κ2) is 14.5. The minimum absolute atomic E-state index is 0.0318. The lowest BCUT2D eigenvalue weighted by Gasteiger charge is -2.26. The summed E-state index contributed by atoms with van der Waals surface area (Å²) < 4.78 is 5.13. The van der Waals surface area contributed by atoms with Crippen LogP contribution in [-0.2, 0) is 23.9 Å². The SMILES string of the molecule is CC(C)C(=O)COCC(=O)N[C@H](C(=O)N[C@@H](CCCN=C(N)N)C(=O)C(C)C)C(C)C. The number of guanidine groups is 1. The summed E-state index contributed by atoms with van der Waals surface area (Å²) in [5.74, 6) is -1.89. The van der Waals surface area contributed by atoms with Crippen LogP contribution >= 0.6 is 0 Å². The van der Waals surface area contributed by atoms with Gasteiger partial charge in [0.2, 0.25) is 11.8 Å². The van der Waals surface area contributed by atoms with E-state index >= 15 is 0 Å². The smallest absolute Gasteiger partial charge is 0.246 e. The molecule has 0 heterocycles. The van der Waals surface area contributed by atoms with Crippen molar-refractivity contribution in [1.29, 1.82) is 0 Å². The van der Waals surface area contributed by atoms with Gasteiger partial charge in [-0.3, -0.25) is 24.2 Å². The van der Waals surface area contributed by atoms with Gasteiger partial charge in [0.05, 0.1) is 6.04 Å². The Morgan fingerprint density at radius 2 is 1.52 bits per heavy atom. The lowest BCUT2D eigenvalue weighted by molar-refractivity contribution is -0.136. The molecule has 31 heavy (non-hydrogen) atoms. The van der Waals surface area contributed by atoms with E-state index in [1.165, 1.54) is 0 Å². The number of hydrogen-bond donors (Lipinski definition) is 4. The molecule has 0 unspecified atom stereocenters. The van der Waals surface area contributed by atoms with Gasteiger partial charge in [0.15, 0.2) is 17.5 Å². The fraction of sp³-hybridized carbons (Fsp3) is 0.762. The standard InChI is InChI=1S/C21H39N5O5/c1-12(2)16(27)10-31-11-17(28)26-18(13(3)4)20(30)25-15(19(29)14(5)6)8-7-9-24-21(22)23/h12-15,18H,7-11H2,1-6H3,(H,25,30)(H,26,28)(H4,22,23,24)/t15-,18-/m0/s1. The topological polar surface area (TPSA) is 166 Å². The maximum absolute atomic E-state index is 12.8. The Labute approximate surface area is 184 Å². The number of carbonyl (C=O) groups excluding carboxylic acids is 4. The third kappa shape index (κ3) is 12.1. The molecule has 0 aliphatic rings. The van der Waals surface area contributed by atoms with Crippen LogP contribution in [-0.4, -0.2) is 61.2 Å². The molecule has 0 saturated carbocycles. The van der Waals surface area contributed by atoms with Gasteiger partial charge in [-0.05, 0) is 18.8 Å². The van der Waals surface area contributed by atoms with Crippen molar-refractivity contribution in [2.75, 3.05) is 19.8 Å². The first kappa shape index (κ1) is 28.5. The summed E-state index contributed by atoms with van der Waals surface area (Å²) in [5, 5.41) is 5.37. The summed E-state index contributed by atoms with van der Waals surface area (Å²) in [4.78, 5) is 53.0. The zero-order valence-electron chi connectivity index (χ0n) is 19.6. The maximum Gasteiger partial charge on any atom is 0.246 e. The van der Waals surface area contributed by atoms with Crippen LogP contribution in [0.3, 0.4) is 0 Å². The minimum Gasteiger partial charge on any atom is -0.370 e. The molecular weight excluding hydrogens is 402 g/mol. The first-order chi connectivity index (χ1) is 14.4. The van der Waals surface area contributed by atoms with Crippen molar-refractivity contribution >= 4 is 29.3 Å². The summed E-state index contributed by atoms with van der Waals surface area (Å²) in [5.41, 5.74) is 10.6. The minimum atomic E-state index is -0.850. The van der Waals surface area contributed by atoms with Crippen molar-refractivity contribution in [2.45, 2.75) is 66.5 Å². The molecule has 2 atom stereocenters. The number of nitrogens with two attached hydrogens (primary N) is 2. The molecule has 0 fully saturated rings. The van der Waals surface area contributed by atoms with E-state index in [1.807, 2.05) is 0 Å². The quantitative estimate of drug-likeness (QED) is 0.159. The molecule has 178 valence electrons. The van der Waals surface area contributed by atoms with Crippen LogP contribution in [0, 0.1) is 17.8 Å². The van der Waals surface area contributed by atoms with Crippen molar-refractivity contribution in [2.24, 2.45) is 34.2 Å². The molecule has 0 radical (unpaired) electrons. The van der Waals surface area contributed by atoms with E-state index in [4.69, 9.17) is 16.2 Å². The van der Waals surface area contributed by atoms with Crippen molar-refractivity contribution in [1.82, 2.24) is 10.6 Å². The zero-order chi connectivity index (χ0) is 24.1. The molecule has 0 bridgehead atoms. The van der Waals surface area contributed by atoms with Gasteiger partial charge in [0.1, 0.15) is 19.3 Å². The molecule has 10 heteroatoms. The van der Waals surface area contributed by atoms with Crippen molar-refractivity contribution < 1.29 is 23.9 Å². The number of amides is 2. The summed E-state index contributed by atoms with van der Waals surface area (Å²) in [6.45, 7) is 10.4. The number of ketones is 2. The van der Waals surface area contributed by atoms with Crippen molar-refractivity contribution in [3.63, 3.8) is 0 Å². The number of nitrogens with zero attached hydrogens (tertiary/aromatic N) is 1. The monoisotopic (exact) mass is 441 g/mol. The zero-order valence-corrected chi connectivity index (χ0v) is 19.6. The van der Waals surface area contributed by atoms with Gasteiger partial charge in [0, 0.05) is 18.4 Å². The van der Waals surface area contributed by atoms with Gasteiger partial charge in [-0.1, -0.05) is 41.5 Å². The highest BCUT2D eigenvalue weighted by Crippen LogP contribution is 2.09. The van der Waals surface area contributed by atoms with Gasteiger partial charge in [-0.2, -0.15) is 0 Å². The second-order valence-electron chi connectivity index (χ2n) is 8.47. The number of rotatable bonds is 15. The van der Waals surface area contributed by atoms with E-state index in [1.54, 1.807) is 41.5 Å². The van der Waals surface area contributed by atoms with Gasteiger partial charge < -0.3 is 26.8 Å².